The molecule has 0 bridgehead atoms. The number of hydrogen-bond acceptors (Lipinski definition) is 4. The average Bonchev–Trinajstić information content (AvgIpc) is 3.08. The van der Waals surface area contributed by atoms with Crippen LogP contribution in [0, 0.1) is 11.3 Å². The first-order chi connectivity index (χ1) is 11.0. The number of nitrogens with zero attached hydrogens (tertiary/aromatic N) is 2. The number of furan rings is 1. The summed E-state index contributed by atoms with van der Waals surface area (Å²) < 4.78 is 50.8. The number of benzene rings is 1. The molecule has 2 aromatic rings. The SMILES string of the molecule is N#Cc1ccc(N2CCOC(c3ccco3)C2)c(C(F)(F)F)c1. The number of ether oxygens (including phenoxy) is 1. The summed E-state index contributed by atoms with van der Waals surface area (Å²) in [4.78, 5) is 1.61. The van der Waals surface area contributed by atoms with Crippen molar-refractivity contribution in [3.05, 3.63) is 53.5 Å². The molecule has 7 heteroatoms. The van der Waals surface area contributed by atoms with Gasteiger partial charge in [0.2, 0.25) is 0 Å². The van der Waals surface area contributed by atoms with Gasteiger partial charge < -0.3 is 14.1 Å². The monoisotopic (exact) mass is 322 g/mol. The van der Waals surface area contributed by atoms with Gasteiger partial charge in [-0.3, -0.25) is 0 Å². The maximum Gasteiger partial charge on any atom is 0.418 e. The first-order valence-electron chi connectivity index (χ1n) is 7.00. The van der Waals surface area contributed by atoms with Crippen molar-refractivity contribution in [1.29, 1.82) is 5.26 Å². The van der Waals surface area contributed by atoms with Gasteiger partial charge in [-0.05, 0) is 30.3 Å². The standard InChI is InChI=1S/C16H13F3N2O2/c17-16(18,19)12-8-11(9-20)3-4-13(12)21-5-7-23-15(10-21)14-2-1-6-22-14/h1-4,6,8,15H,5,7,10H2. The molecule has 1 atom stereocenters. The minimum absolute atomic E-state index is 0.0167. The van der Waals surface area contributed by atoms with Crippen LogP contribution in [0.15, 0.2) is 41.0 Å². The van der Waals surface area contributed by atoms with E-state index in [-0.39, 0.29) is 17.8 Å². The van der Waals surface area contributed by atoms with Gasteiger partial charge in [0.25, 0.3) is 0 Å². The Morgan fingerprint density at radius 1 is 1.26 bits per heavy atom. The summed E-state index contributed by atoms with van der Waals surface area (Å²) in [5.41, 5.74) is -0.773. The number of anilines is 1. The summed E-state index contributed by atoms with van der Waals surface area (Å²) in [6.45, 7) is 0.886. The van der Waals surface area contributed by atoms with Gasteiger partial charge in [0.05, 0.1) is 36.6 Å². The van der Waals surface area contributed by atoms with Crippen molar-refractivity contribution in [2.75, 3.05) is 24.6 Å². The molecule has 2 heterocycles. The second-order valence-electron chi connectivity index (χ2n) is 5.16. The van der Waals surface area contributed by atoms with Crippen LogP contribution in [-0.2, 0) is 10.9 Å². The van der Waals surface area contributed by atoms with E-state index in [1.165, 1.54) is 18.4 Å². The molecule has 0 N–H and O–H groups in total. The highest BCUT2D eigenvalue weighted by Crippen LogP contribution is 2.38. The quantitative estimate of drug-likeness (QED) is 0.845. The van der Waals surface area contributed by atoms with Crippen molar-refractivity contribution >= 4 is 5.69 Å². The van der Waals surface area contributed by atoms with Crippen molar-refractivity contribution in [1.82, 2.24) is 0 Å². The fraction of sp³-hybridized carbons (Fsp3) is 0.312. The van der Waals surface area contributed by atoms with E-state index >= 15 is 0 Å². The first-order valence-corrected chi connectivity index (χ1v) is 7.00. The van der Waals surface area contributed by atoms with Gasteiger partial charge >= 0.3 is 6.18 Å². The Hall–Kier alpha value is -2.46. The zero-order chi connectivity index (χ0) is 16.4. The normalized spacial score (nSPS) is 18.7. The van der Waals surface area contributed by atoms with E-state index in [0.29, 0.717) is 18.9 Å². The van der Waals surface area contributed by atoms with Gasteiger partial charge in [0.15, 0.2) is 0 Å². The van der Waals surface area contributed by atoms with Gasteiger partial charge in [-0.2, -0.15) is 18.4 Å². The van der Waals surface area contributed by atoms with E-state index in [1.54, 1.807) is 23.1 Å². The van der Waals surface area contributed by atoms with Crippen molar-refractivity contribution in [3.8, 4) is 6.07 Å². The fourth-order valence-electron chi connectivity index (χ4n) is 2.62. The summed E-state index contributed by atoms with van der Waals surface area (Å²) in [5, 5.41) is 8.83. The summed E-state index contributed by atoms with van der Waals surface area (Å²) in [5.74, 6) is 0.580. The summed E-state index contributed by atoms with van der Waals surface area (Å²) in [6, 6.07) is 8.80. The summed E-state index contributed by atoms with van der Waals surface area (Å²) >= 11 is 0. The van der Waals surface area contributed by atoms with Gasteiger partial charge in [-0.1, -0.05) is 0 Å². The van der Waals surface area contributed by atoms with Crippen molar-refractivity contribution in [2.24, 2.45) is 0 Å². The Kier molecular flexibility index (Phi) is 4.01. The Labute approximate surface area is 130 Å². The molecule has 1 aromatic carbocycles. The third-order valence-electron chi connectivity index (χ3n) is 3.70. The van der Waals surface area contributed by atoms with Crippen molar-refractivity contribution in [2.45, 2.75) is 12.3 Å². The molecule has 1 unspecified atom stereocenters. The summed E-state index contributed by atoms with van der Waals surface area (Å²) in [7, 11) is 0. The molecule has 0 amide bonds. The lowest BCUT2D eigenvalue weighted by Gasteiger charge is -2.35. The van der Waals surface area contributed by atoms with Crippen LogP contribution >= 0.6 is 0 Å². The molecule has 23 heavy (non-hydrogen) atoms. The molecule has 1 saturated heterocycles. The number of hydrogen-bond donors (Lipinski definition) is 0. The Bertz CT molecular complexity index is 720. The Balaban J connectivity index is 1.93. The second kappa shape index (κ2) is 5.97. The van der Waals surface area contributed by atoms with E-state index in [1.807, 2.05) is 0 Å². The van der Waals surface area contributed by atoms with Crippen molar-refractivity contribution in [3.63, 3.8) is 0 Å². The number of morpholine rings is 1. The van der Waals surface area contributed by atoms with Crippen LogP contribution in [-0.4, -0.2) is 19.7 Å². The van der Waals surface area contributed by atoms with Crippen LogP contribution in [0.3, 0.4) is 0 Å². The number of alkyl halides is 3. The van der Waals surface area contributed by atoms with Crippen LogP contribution in [0.1, 0.15) is 23.0 Å². The Morgan fingerprint density at radius 2 is 2.09 bits per heavy atom. The molecular weight excluding hydrogens is 309 g/mol. The highest BCUT2D eigenvalue weighted by Gasteiger charge is 2.36. The Morgan fingerprint density at radius 3 is 2.74 bits per heavy atom. The largest absolute Gasteiger partial charge is 0.467 e. The molecule has 3 rings (SSSR count). The maximum absolute atomic E-state index is 13.3. The zero-order valence-electron chi connectivity index (χ0n) is 12.0. The van der Waals surface area contributed by atoms with E-state index < -0.39 is 17.8 Å². The van der Waals surface area contributed by atoms with E-state index in [4.69, 9.17) is 14.4 Å². The smallest absolute Gasteiger partial charge is 0.418 e. The molecule has 1 fully saturated rings. The lowest BCUT2D eigenvalue weighted by atomic mass is 10.1. The molecule has 0 spiro atoms. The molecule has 0 saturated carbocycles. The molecule has 1 aliphatic heterocycles. The average molecular weight is 322 g/mol. The predicted octanol–water partition coefficient (Wildman–Crippen LogP) is 3.75. The lowest BCUT2D eigenvalue weighted by Crippen LogP contribution is -2.39. The predicted molar refractivity (Wildman–Crippen MR) is 75.8 cm³/mol. The number of halogens is 3. The third-order valence-corrected chi connectivity index (χ3v) is 3.70. The minimum atomic E-state index is -4.53. The van der Waals surface area contributed by atoms with E-state index in [9.17, 15) is 13.2 Å². The molecule has 1 aliphatic rings. The van der Waals surface area contributed by atoms with Gasteiger partial charge in [0.1, 0.15) is 11.9 Å². The molecular formula is C16H13F3N2O2. The molecule has 1 aromatic heterocycles. The van der Waals surface area contributed by atoms with Gasteiger partial charge in [-0.25, -0.2) is 0 Å². The first kappa shape index (κ1) is 15.4. The van der Waals surface area contributed by atoms with E-state index in [2.05, 4.69) is 0 Å². The lowest BCUT2D eigenvalue weighted by molar-refractivity contribution is -0.137. The van der Waals surface area contributed by atoms with Crippen LogP contribution in [0.5, 0.6) is 0 Å². The van der Waals surface area contributed by atoms with Crippen LogP contribution in [0.25, 0.3) is 0 Å². The third kappa shape index (κ3) is 3.17. The van der Waals surface area contributed by atoms with Crippen LogP contribution < -0.4 is 4.90 Å². The summed E-state index contributed by atoms with van der Waals surface area (Å²) in [6.07, 6.45) is -3.45. The second-order valence-corrected chi connectivity index (χ2v) is 5.16. The highest BCUT2D eigenvalue weighted by molar-refractivity contribution is 5.58. The molecule has 120 valence electrons. The molecule has 4 nitrogen and oxygen atoms in total. The highest BCUT2D eigenvalue weighted by atomic mass is 19.4. The maximum atomic E-state index is 13.3. The van der Waals surface area contributed by atoms with E-state index in [0.717, 1.165) is 6.07 Å². The van der Waals surface area contributed by atoms with Gasteiger partial charge in [-0.15, -0.1) is 0 Å². The molecule has 0 aliphatic carbocycles. The minimum Gasteiger partial charge on any atom is -0.467 e. The van der Waals surface area contributed by atoms with Gasteiger partial charge in [0, 0.05) is 12.2 Å². The number of nitriles is 1. The van der Waals surface area contributed by atoms with Crippen molar-refractivity contribution < 1.29 is 22.3 Å². The van der Waals surface area contributed by atoms with Crippen LogP contribution in [0.2, 0.25) is 0 Å². The molecule has 0 radical (unpaired) electrons. The zero-order valence-corrected chi connectivity index (χ0v) is 12.0. The number of rotatable bonds is 2. The van der Waals surface area contributed by atoms with Crippen LogP contribution in [0.4, 0.5) is 18.9 Å². The topological polar surface area (TPSA) is 49.4 Å². The fourth-order valence-corrected chi connectivity index (χ4v) is 2.62.